The summed E-state index contributed by atoms with van der Waals surface area (Å²) in [4.78, 5) is 17.0. The molecule has 1 N–H and O–H groups in total. The van der Waals surface area contributed by atoms with Crippen LogP contribution in [0.3, 0.4) is 0 Å². The average Bonchev–Trinajstić information content (AvgIpc) is 2.83. The van der Waals surface area contributed by atoms with Gasteiger partial charge in [0.1, 0.15) is 5.82 Å². The number of anilines is 1. The molecule has 20 heavy (non-hydrogen) atoms. The number of carboxylic acid groups (broad SMARTS) is 1. The van der Waals surface area contributed by atoms with Crippen molar-refractivity contribution in [3.05, 3.63) is 46.7 Å². The third kappa shape index (κ3) is 4.03. The molecule has 0 amide bonds. The van der Waals surface area contributed by atoms with Gasteiger partial charge in [0.05, 0.1) is 12.1 Å². The summed E-state index contributed by atoms with van der Waals surface area (Å²) in [5.41, 5.74) is 1.83. The number of thiazole rings is 1. The highest BCUT2D eigenvalue weighted by atomic mass is 32.1. The summed E-state index contributed by atoms with van der Waals surface area (Å²) in [5.74, 6) is -1.13. The second-order valence-electron chi connectivity index (χ2n) is 4.46. The Hall–Kier alpha value is -1.95. The van der Waals surface area contributed by atoms with Gasteiger partial charge < -0.3 is 10.0 Å². The lowest BCUT2D eigenvalue weighted by molar-refractivity contribution is -0.136. The van der Waals surface area contributed by atoms with Gasteiger partial charge in [0.15, 0.2) is 5.13 Å². The van der Waals surface area contributed by atoms with Crippen LogP contribution >= 0.6 is 11.3 Å². The van der Waals surface area contributed by atoms with E-state index in [1.54, 1.807) is 12.1 Å². The van der Waals surface area contributed by atoms with Gasteiger partial charge in [0.2, 0.25) is 0 Å². The second-order valence-corrected chi connectivity index (χ2v) is 5.30. The topological polar surface area (TPSA) is 53.4 Å². The predicted molar refractivity (Wildman–Crippen MR) is 76.6 cm³/mol. The van der Waals surface area contributed by atoms with E-state index in [1.807, 2.05) is 17.2 Å². The lowest BCUT2D eigenvalue weighted by Crippen LogP contribution is -2.25. The van der Waals surface area contributed by atoms with Crippen molar-refractivity contribution in [3.8, 4) is 0 Å². The molecule has 2 aromatic rings. The molecular formula is C14H15FN2O2S. The molecule has 0 saturated heterocycles. The maximum atomic E-state index is 12.9. The Morgan fingerprint density at radius 3 is 2.65 bits per heavy atom. The Morgan fingerprint density at radius 2 is 2.10 bits per heavy atom. The Balaban J connectivity index is 2.13. The molecule has 0 bridgehead atoms. The number of hydrogen-bond donors (Lipinski definition) is 1. The van der Waals surface area contributed by atoms with Crippen LogP contribution in [0.1, 0.15) is 17.7 Å². The highest BCUT2D eigenvalue weighted by molar-refractivity contribution is 7.13. The van der Waals surface area contributed by atoms with E-state index in [9.17, 15) is 9.18 Å². The molecule has 0 aliphatic carbocycles. The minimum absolute atomic E-state index is 0.0415. The number of aromatic nitrogens is 1. The minimum atomic E-state index is -0.845. The van der Waals surface area contributed by atoms with Crippen LogP contribution in [-0.4, -0.2) is 22.6 Å². The van der Waals surface area contributed by atoms with Crippen LogP contribution in [0.5, 0.6) is 0 Å². The number of halogens is 1. The Labute approximate surface area is 120 Å². The third-order valence-electron chi connectivity index (χ3n) is 2.76. The molecule has 0 saturated carbocycles. The molecular weight excluding hydrogens is 279 g/mol. The minimum Gasteiger partial charge on any atom is -0.481 e. The standard InChI is InChI=1S/C14H15FN2O2S/c1-10-9-20-14(16-10)17(7-6-13(18)19)8-11-2-4-12(15)5-3-11/h2-5,9H,6-8H2,1H3,(H,18,19). The van der Waals surface area contributed by atoms with Crippen molar-refractivity contribution in [2.24, 2.45) is 0 Å². The number of nitrogens with zero attached hydrogens (tertiary/aromatic N) is 2. The third-order valence-corrected chi connectivity index (χ3v) is 3.78. The van der Waals surface area contributed by atoms with Crippen LogP contribution in [0.25, 0.3) is 0 Å². The van der Waals surface area contributed by atoms with Crippen molar-refractivity contribution in [3.63, 3.8) is 0 Å². The molecule has 106 valence electrons. The summed E-state index contributed by atoms with van der Waals surface area (Å²) in [6.45, 7) is 2.79. The first-order valence-corrected chi connectivity index (χ1v) is 7.06. The highest BCUT2D eigenvalue weighted by Gasteiger charge is 2.12. The molecule has 6 heteroatoms. The molecule has 2 rings (SSSR count). The highest BCUT2D eigenvalue weighted by Crippen LogP contribution is 2.22. The van der Waals surface area contributed by atoms with Gasteiger partial charge in [-0.1, -0.05) is 12.1 Å². The molecule has 0 aliphatic heterocycles. The van der Waals surface area contributed by atoms with Crippen LogP contribution in [0.2, 0.25) is 0 Å². The number of aryl methyl sites for hydroxylation is 1. The average molecular weight is 294 g/mol. The van der Waals surface area contributed by atoms with E-state index >= 15 is 0 Å². The summed E-state index contributed by atoms with van der Waals surface area (Å²) < 4.78 is 12.9. The monoisotopic (exact) mass is 294 g/mol. The molecule has 4 nitrogen and oxygen atoms in total. The summed E-state index contributed by atoms with van der Waals surface area (Å²) in [5, 5.41) is 11.5. The second kappa shape index (κ2) is 6.47. The van der Waals surface area contributed by atoms with Gasteiger partial charge in [-0.3, -0.25) is 4.79 Å². The van der Waals surface area contributed by atoms with E-state index in [4.69, 9.17) is 5.11 Å². The SMILES string of the molecule is Cc1csc(N(CCC(=O)O)Cc2ccc(F)cc2)n1. The number of benzene rings is 1. The van der Waals surface area contributed by atoms with Crippen molar-refractivity contribution in [2.75, 3.05) is 11.4 Å². The maximum absolute atomic E-state index is 12.9. The number of carboxylic acids is 1. The van der Waals surface area contributed by atoms with E-state index in [0.717, 1.165) is 16.4 Å². The summed E-state index contributed by atoms with van der Waals surface area (Å²) in [6.07, 6.45) is 0.0415. The zero-order valence-electron chi connectivity index (χ0n) is 11.0. The molecule has 0 fully saturated rings. The summed E-state index contributed by atoms with van der Waals surface area (Å²) >= 11 is 1.48. The largest absolute Gasteiger partial charge is 0.481 e. The van der Waals surface area contributed by atoms with Gasteiger partial charge in [0.25, 0.3) is 0 Å². The summed E-state index contributed by atoms with van der Waals surface area (Å²) in [6, 6.07) is 6.20. The van der Waals surface area contributed by atoms with Crippen LogP contribution in [0, 0.1) is 12.7 Å². The van der Waals surface area contributed by atoms with Crippen LogP contribution in [-0.2, 0) is 11.3 Å². The van der Waals surface area contributed by atoms with E-state index in [0.29, 0.717) is 13.1 Å². The van der Waals surface area contributed by atoms with Crippen molar-refractivity contribution in [1.82, 2.24) is 4.98 Å². The van der Waals surface area contributed by atoms with Crippen molar-refractivity contribution >= 4 is 22.4 Å². The maximum Gasteiger partial charge on any atom is 0.305 e. The van der Waals surface area contributed by atoms with Crippen LogP contribution in [0.15, 0.2) is 29.6 Å². The molecule has 0 atom stereocenters. The van der Waals surface area contributed by atoms with Crippen molar-refractivity contribution in [1.29, 1.82) is 0 Å². The van der Waals surface area contributed by atoms with E-state index in [-0.39, 0.29) is 12.2 Å². The first-order chi connectivity index (χ1) is 9.54. The molecule has 0 radical (unpaired) electrons. The smallest absolute Gasteiger partial charge is 0.305 e. The Kier molecular flexibility index (Phi) is 4.68. The lowest BCUT2D eigenvalue weighted by Gasteiger charge is -2.21. The molecule has 1 heterocycles. The fourth-order valence-corrected chi connectivity index (χ4v) is 2.60. The lowest BCUT2D eigenvalue weighted by atomic mass is 10.2. The number of aliphatic carboxylic acids is 1. The van der Waals surface area contributed by atoms with Gasteiger partial charge in [0, 0.05) is 18.5 Å². The first-order valence-electron chi connectivity index (χ1n) is 6.18. The zero-order valence-corrected chi connectivity index (χ0v) is 11.9. The van der Waals surface area contributed by atoms with E-state index in [1.165, 1.54) is 23.5 Å². The van der Waals surface area contributed by atoms with E-state index < -0.39 is 5.97 Å². The normalized spacial score (nSPS) is 10.5. The number of rotatable bonds is 6. The predicted octanol–water partition coefficient (Wildman–Crippen LogP) is 3.07. The molecule has 1 aromatic heterocycles. The number of carbonyl (C=O) groups is 1. The Bertz CT molecular complexity index is 583. The van der Waals surface area contributed by atoms with Crippen LogP contribution in [0.4, 0.5) is 9.52 Å². The van der Waals surface area contributed by atoms with E-state index in [2.05, 4.69) is 4.98 Å². The van der Waals surface area contributed by atoms with Gasteiger partial charge in [-0.05, 0) is 24.6 Å². The molecule has 0 spiro atoms. The van der Waals surface area contributed by atoms with Crippen molar-refractivity contribution < 1.29 is 14.3 Å². The van der Waals surface area contributed by atoms with Gasteiger partial charge >= 0.3 is 5.97 Å². The van der Waals surface area contributed by atoms with Gasteiger partial charge in [-0.15, -0.1) is 11.3 Å². The van der Waals surface area contributed by atoms with Gasteiger partial charge in [-0.2, -0.15) is 0 Å². The zero-order chi connectivity index (χ0) is 14.5. The number of hydrogen-bond acceptors (Lipinski definition) is 4. The molecule has 1 aromatic carbocycles. The van der Waals surface area contributed by atoms with Crippen molar-refractivity contribution in [2.45, 2.75) is 19.9 Å². The first kappa shape index (κ1) is 14.5. The Morgan fingerprint density at radius 1 is 1.40 bits per heavy atom. The molecule has 0 unspecified atom stereocenters. The summed E-state index contributed by atoms with van der Waals surface area (Å²) in [7, 11) is 0. The fraction of sp³-hybridized carbons (Fsp3) is 0.286. The van der Waals surface area contributed by atoms with Crippen LogP contribution < -0.4 is 4.90 Å². The molecule has 0 aliphatic rings. The fourth-order valence-electron chi connectivity index (χ4n) is 1.77. The van der Waals surface area contributed by atoms with Gasteiger partial charge in [-0.25, -0.2) is 9.37 Å². The quantitative estimate of drug-likeness (QED) is 0.889.